The Bertz CT molecular complexity index is 586. The summed E-state index contributed by atoms with van der Waals surface area (Å²) >= 11 is 0. The molecule has 0 aliphatic rings. The van der Waals surface area contributed by atoms with Gasteiger partial charge in [-0.3, -0.25) is 4.79 Å². The first-order chi connectivity index (χ1) is 10.2. The van der Waals surface area contributed by atoms with Crippen LogP contribution in [0, 0.1) is 5.82 Å². The maximum atomic E-state index is 13.4. The van der Waals surface area contributed by atoms with Crippen molar-refractivity contribution in [2.75, 3.05) is 6.54 Å². The van der Waals surface area contributed by atoms with Gasteiger partial charge in [0.25, 0.3) is 5.91 Å². The van der Waals surface area contributed by atoms with Crippen LogP contribution in [0.25, 0.3) is 0 Å². The number of carbonyl (C=O) groups is 1. The zero-order valence-electron chi connectivity index (χ0n) is 11.9. The van der Waals surface area contributed by atoms with Gasteiger partial charge in [0, 0.05) is 6.54 Å². The summed E-state index contributed by atoms with van der Waals surface area (Å²) in [7, 11) is 0. The summed E-state index contributed by atoms with van der Waals surface area (Å²) in [6.07, 6.45) is 0.0107. The van der Waals surface area contributed by atoms with Crippen molar-refractivity contribution in [2.24, 2.45) is 0 Å². The Labute approximate surface area is 123 Å². The molecular formula is C17H18FNO2. The molecule has 21 heavy (non-hydrogen) atoms. The van der Waals surface area contributed by atoms with E-state index in [4.69, 9.17) is 4.74 Å². The van der Waals surface area contributed by atoms with Crippen LogP contribution in [-0.4, -0.2) is 18.6 Å². The van der Waals surface area contributed by atoms with E-state index in [0.29, 0.717) is 6.54 Å². The maximum absolute atomic E-state index is 13.4. The Morgan fingerprint density at radius 1 is 1.14 bits per heavy atom. The largest absolute Gasteiger partial charge is 0.478 e. The molecule has 0 saturated heterocycles. The van der Waals surface area contributed by atoms with E-state index >= 15 is 0 Å². The van der Waals surface area contributed by atoms with Crippen LogP contribution in [0.2, 0.25) is 0 Å². The molecule has 2 aromatic carbocycles. The number of nitrogens with one attached hydrogen (secondary N) is 1. The molecule has 1 amide bonds. The minimum atomic E-state index is -0.738. The Morgan fingerprint density at radius 3 is 2.52 bits per heavy atom. The first-order valence-corrected chi connectivity index (χ1v) is 6.89. The van der Waals surface area contributed by atoms with Gasteiger partial charge < -0.3 is 10.1 Å². The van der Waals surface area contributed by atoms with Crippen LogP contribution in [0.5, 0.6) is 5.75 Å². The molecule has 0 saturated carbocycles. The first kappa shape index (κ1) is 15.0. The van der Waals surface area contributed by atoms with E-state index in [-0.39, 0.29) is 11.7 Å². The summed E-state index contributed by atoms with van der Waals surface area (Å²) in [6, 6.07) is 15.9. The molecule has 0 aromatic heterocycles. The second-order valence-electron chi connectivity index (χ2n) is 4.72. The van der Waals surface area contributed by atoms with Crippen molar-refractivity contribution in [1.29, 1.82) is 0 Å². The average Bonchev–Trinajstić information content (AvgIpc) is 2.50. The highest BCUT2D eigenvalue weighted by Crippen LogP contribution is 2.16. The third-order valence-corrected chi connectivity index (χ3v) is 3.07. The summed E-state index contributed by atoms with van der Waals surface area (Å²) in [5.41, 5.74) is 1.15. The SMILES string of the molecule is C[C@@H](Oc1ccccc1F)C(=O)NCCc1ccccc1. The van der Waals surface area contributed by atoms with Gasteiger partial charge >= 0.3 is 0 Å². The summed E-state index contributed by atoms with van der Waals surface area (Å²) in [6.45, 7) is 2.12. The number of ether oxygens (including phenoxy) is 1. The number of hydrogen-bond donors (Lipinski definition) is 1. The van der Waals surface area contributed by atoms with E-state index in [1.54, 1.807) is 19.1 Å². The maximum Gasteiger partial charge on any atom is 0.260 e. The Balaban J connectivity index is 1.79. The molecule has 3 nitrogen and oxygen atoms in total. The number of benzene rings is 2. The lowest BCUT2D eigenvalue weighted by atomic mass is 10.1. The predicted octanol–water partition coefficient (Wildman–Crippen LogP) is 2.95. The van der Waals surface area contributed by atoms with Gasteiger partial charge in [-0.15, -0.1) is 0 Å². The van der Waals surface area contributed by atoms with Crippen LogP contribution >= 0.6 is 0 Å². The summed E-state index contributed by atoms with van der Waals surface area (Å²) in [5.74, 6) is -0.640. The van der Waals surface area contributed by atoms with Gasteiger partial charge in [-0.2, -0.15) is 0 Å². The number of halogens is 1. The van der Waals surface area contributed by atoms with Crippen LogP contribution < -0.4 is 10.1 Å². The molecule has 1 atom stereocenters. The Morgan fingerprint density at radius 2 is 1.81 bits per heavy atom. The van der Waals surface area contributed by atoms with E-state index < -0.39 is 11.9 Å². The number of amides is 1. The van der Waals surface area contributed by atoms with Crippen molar-refractivity contribution >= 4 is 5.91 Å². The standard InChI is InChI=1S/C17H18FNO2/c1-13(21-16-10-6-5-9-15(16)18)17(20)19-12-11-14-7-3-2-4-8-14/h2-10,13H,11-12H2,1H3,(H,19,20)/t13-/m1/s1. The van der Waals surface area contributed by atoms with Crippen molar-refractivity contribution in [2.45, 2.75) is 19.4 Å². The zero-order valence-corrected chi connectivity index (χ0v) is 11.9. The molecule has 2 rings (SSSR count). The van der Waals surface area contributed by atoms with E-state index in [0.717, 1.165) is 12.0 Å². The predicted molar refractivity (Wildman–Crippen MR) is 79.6 cm³/mol. The molecule has 2 aromatic rings. The quantitative estimate of drug-likeness (QED) is 0.887. The van der Waals surface area contributed by atoms with Crippen LogP contribution in [0.3, 0.4) is 0 Å². The molecule has 0 aliphatic heterocycles. The van der Waals surface area contributed by atoms with Crippen LogP contribution in [0.1, 0.15) is 12.5 Å². The van der Waals surface area contributed by atoms with Gasteiger partial charge in [0.1, 0.15) is 0 Å². The third kappa shape index (κ3) is 4.60. The van der Waals surface area contributed by atoms with E-state index in [9.17, 15) is 9.18 Å². The van der Waals surface area contributed by atoms with Crippen molar-refractivity contribution < 1.29 is 13.9 Å². The number of carbonyl (C=O) groups excluding carboxylic acids is 1. The smallest absolute Gasteiger partial charge is 0.260 e. The molecule has 1 N–H and O–H groups in total. The van der Waals surface area contributed by atoms with Crippen LogP contribution in [0.4, 0.5) is 4.39 Å². The highest BCUT2D eigenvalue weighted by molar-refractivity contribution is 5.80. The number of para-hydroxylation sites is 1. The highest BCUT2D eigenvalue weighted by atomic mass is 19.1. The van der Waals surface area contributed by atoms with E-state index in [2.05, 4.69) is 5.32 Å². The summed E-state index contributed by atoms with van der Waals surface area (Å²) in [5, 5.41) is 2.78. The molecular weight excluding hydrogens is 269 g/mol. The second kappa shape index (κ2) is 7.43. The van der Waals surface area contributed by atoms with Gasteiger partial charge in [0.2, 0.25) is 0 Å². The third-order valence-electron chi connectivity index (χ3n) is 3.07. The second-order valence-corrected chi connectivity index (χ2v) is 4.72. The van der Waals surface area contributed by atoms with Gasteiger partial charge in [0.15, 0.2) is 17.7 Å². The topological polar surface area (TPSA) is 38.3 Å². The molecule has 0 fully saturated rings. The van der Waals surface area contributed by atoms with Crippen molar-refractivity contribution in [1.82, 2.24) is 5.32 Å². The Hall–Kier alpha value is -2.36. The molecule has 0 radical (unpaired) electrons. The van der Waals surface area contributed by atoms with Gasteiger partial charge in [0.05, 0.1) is 0 Å². The summed E-state index contributed by atoms with van der Waals surface area (Å²) < 4.78 is 18.8. The fraction of sp³-hybridized carbons (Fsp3) is 0.235. The molecule has 0 unspecified atom stereocenters. The Kier molecular flexibility index (Phi) is 5.32. The monoisotopic (exact) mass is 287 g/mol. The normalized spacial score (nSPS) is 11.7. The first-order valence-electron chi connectivity index (χ1n) is 6.89. The minimum Gasteiger partial charge on any atom is -0.478 e. The molecule has 0 bridgehead atoms. The fourth-order valence-corrected chi connectivity index (χ4v) is 1.90. The number of hydrogen-bond acceptors (Lipinski definition) is 2. The molecule has 0 spiro atoms. The van der Waals surface area contributed by atoms with Crippen LogP contribution in [0.15, 0.2) is 54.6 Å². The minimum absolute atomic E-state index is 0.0863. The lowest BCUT2D eigenvalue weighted by Gasteiger charge is -2.15. The van der Waals surface area contributed by atoms with Gasteiger partial charge in [-0.1, -0.05) is 42.5 Å². The van der Waals surface area contributed by atoms with Crippen molar-refractivity contribution in [3.05, 3.63) is 66.0 Å². The van der Waals surface area contributed by atoms with Gasteiger partial charge in [-0.25, -0.2) is 4.39 Å². The lowest BCUT2D eigenvalue weighted by molar-refractivity contribution is -0.127. The summed E-state index contributed by atoms with van der Waals surface area (Å²) in [4.78, 5) is 11.9. The van der Waals surface area contributed by atoms with Gasteiger partial charge in [-0.05, 0) is 31.0 Å². The molecule has 0 heterocycles. The van der Waals surface area contributed by atoms with Crippen molar-refractivity contribution in [3.63, 3.8) is 0 Å². The molecule has 4 heteroatoms. The van der Waals surface area contributed by atoms with Crippen LogP contribution in [-0.2, 0) is 11.2 Å². The highest BCUT2D eigenvalue weighted by Gasteiger charge is 2.15. The average molecular weight is 287 g/mol. The molecule has 110 valence electrons. The van der Waals surface area contributed by atoms with Crippen molar-refractivity contribution in [3.8, 4) is 5.75 Å². The molecule has 0 aliphatic carbocycles. The van der Waals surface area contributed by atoms with E-state index in [1.165, 1.54) is 12.1 Å². The zero-order chi connectivity index (χ0) is 15.1. The number of rotatable bonds is 6. The lowest BCUT2D eigenvalue weighted by Crippen LogP contribution is -2.37. The fourth-order valence-electron chi connectivity index (χ4n) is 1.90. The van der Waals surface area contributed by atoms with E-state index in [1.807, 2.05) is 30.3 Å².